The molecule has 1 amide bonds. The Balaban J connectivity index is 1.63. The minimum atomic E-state index is -0.443. The van der Waals surface area contributed by atoms with Gasteiger partial charge in [-0.25, -0.2) is 0 Å². The molecule has 2 aromatic rings. The van der Waals surface area contributed by atoms with Crippen LogP contribution in [0.4, 0.5) is 5.69 Å². The number of benzene rings is 2. The van der Waals surface area contributed by atoms with Gasteiger partial charge in [0.1, 0.15) is 5.75 Å². The fourth-order valence-corrected chi connectivity index (χ4v) is 2.56. The molecule has 0 aromatic heterocycles. The van der Waals surface area contributed by atoms with E-state index in [2.05, 4.69) is 5.32 Å². The van der Waals surface area contributed by atoms with Gasteiger partial charge in [-0.2, -0.15) is 0 Å². The third-order valence-corrected chi connectivity index (χ3v) is 4.18. The fourth-order valence-electron chi connectivity index (χ4n) is 2.38. The Morgan fingerprint density at radius 2 is 1.92 bits per heavy atom. The molecule has 1 aliphatic rings. The first-order valence-corrected chi connectivity index (χ1v) is 8.39. The molecule has 1 aliphatic carbocycles. The summed E-state index contributed by atoms with van der Waals surface area (Å²) in [5.74, 6) is 0.585. The quantitative estimate of drug-likeness (QED) is 0.782. The van der Waals surface area contributed by atoms with Crippen LogP contribution in [0.3, 0.4) is 0 Å². The topological polar surface area (TPSA) is 64.6 Å². The monoisotopic (exact) mass is 359 g/mol. The van der Waals surface area contributed by atoms with Gasteiger partial charge >= 0.3 is 5.97 Å². The summed E-state index contributed by atoms with van der Waals surface area (Å²) in [5.41, 5.74) is 0.414. The van der Waals surface area contributed by atoms with Crippen molar-refractivity contribution < 1.29 is 19.1 Å². The van der Waals surface area contributed by atoms with E-state index >= 15 is 0 Å². The zero-order chi connectivity index (χ0) is 17.8. The zero-order valence-corrected chi connectivity index (χ0v) is 14.5. The highest BCUT2D eigenvalue weighted by atomic mass is 35.5. The Bertz CT molecular complexity index is 778. The Labute approximate surface area is 150 Å². The van der Waals surface area contributed by atoms with E-state index in [0.717, 1.165) is 6.42 Å². The van der Waals surface area contributed by atoms with Crippen molar-refractivity contribution in [2.24, 2.45) is 11.8 Å². The van der Waals surface area contributed by atoms with Crippen LogP contribution in [0.5, 0.6) is 11.5 Å². The van der Waals surface area contributed by atoms with E-state index in [1.54, 1.807) is 30.3 Å². The molecule has 0 heterocycles. The summed E-state index contributed by atoms with van der Waals surface area (Å²) in [7, 11) is 0. The number of para-hydroxylation sites is 1. The van der Waals surface area contributed by atoms with E-state index in [-0.39, 0.29) is 18.5 Å². The molecule has 2 aromatic carbocycles. The van der Waals surface area contributed by atoms with Crippen LogP contribution in [0.1, 0.15) is 13.3 Å². The van der Waals surface area contributed by atoms with E-state index in [9.17, 15) is 9.59 Å². The van der Waals surface area contributed by atoms with E-state index in [1.807, 2.05) is 25.1 Å². The number of esters is 1. The van der Waals surface area contributed by atoms with Gasteiger partial charge in [0.2, 0.25) is 0 Å². The maximum atomic E-state index is 12.1. The number of ether oxygens (including phenoxy) is 2. The molecule has 0 unspecified atom stereocenters. The number of carbonyl (C=O) groups is 2. The summed E-state index contributed by atoms with van der Waals surface area (Å²) < 4.78 is 10.8. The van der Waals surface area contributed by atoms with Crippen molar-refractivity contribution >= 4 is 29.2 Å². The molecule has 25 heavy (non-hydrogen) atoms. The maximum Gasteiger partial charge on any atom is 0.309 e. The van der Waals surface area contributed by atoms with Crippen LogP contribution in [0.15, 0.2) is 48.5 Å². The van der Waals surface area contributed by atoms with Crippen LogP contribution in [0.2, 0.25) is 5.02 Å². The van der Waals surface area contributed by atoms with E-state index in [0.29, 0.717) is 28.1 Å². The maximum absolute atomic E-state index is 12.1. The summed E-state index contributed by atoms with van der Waals surface area (Å²) in [5, 5.41) is 3.13. The minimum absolute atomic E-state index is 0.0732. The van der Waals surface area contributed by atoms with Crippen LogP contribution in [0, 0.1) is 11.8 Å². The van der Waals surface area contributed by atoms with E-state index in [1.165, 1.54) is 0 Å². The first-order valence-electron chi connectivity index (χ1n) is 8.02. The molecule has 2 atom stereocenters. The highest BCUT2D eigenvalue weighted by Gasteiger charge is 2.40. The number of hydrogen-bond donors (Lipinski definition) is 1. The third kappa shape index (κ3) is 4.73. The normalized spacial score (nSPS) is 18.3. The first kappa shape index (κ1) is 17.3. The Hall–Kier alpha value is -2.53. The molecule has 0 aliphatic heterocycles. The lowest BCUT2D eigenvalue weighted by molar-refractivity contribution is -0.148. The smallest absolute Gasteiger partial charge is 0.309 e. The molecule has 1 saturated carbocycles. The van der Waals surface area contributed by atoms with Crippen molar-refractivity contribution in [1.82, 2.24) is 0 Å². The number of nitrogens with one attached hydrogen (secondary N) is 1. The van der Waals surface area contributed by atoms with Crippen molar-refractivity contribution in [2.45, 2.75) is 13.3 Å². The molecule has 3 rings (SSSR count). The lowest BCUT2D eigenvalue weighted by Crippen LogP contribution is -2.22. The Kier molecular flexibility index (Phi) is 5.24. The van der Waals surface area contributed by atoms with Crippen LogP contribution in [-0.4, -0.2) is 18.5 Å². The van der Waals surface area contributed by atoms with Gasteiger partial charge in [-0.05, 0) is 42.7 Å². The summed E-state index contributed by atoms with van der Waals surface area (Å²) in [6, 6.07) is 14.1. The van der Waals surface area contributed by atoms with Gasteiger partial charge in [-0.3, -0.25) is 9.59 Å². The third-order valence-electron chi connectivity index (χ3n) is 3.94. The molecule has 5 nitrogen and oxygen atoms in total. The fraction of sp³-hybridized carbons (Fsp3) is 0.263. The van der Waals surface area contributed by atoms with Crippen molar-refractivity contribution in [3.63, 3.8) is 0 Å². The lowest BCUT2D eigenvalue weighted by Gasteiger charge is -2.13. The van der Waals surface area contributed by atoms with Crippen LogP contribution >= 0.6 is 11.6 Å². The van der Waals surface area contributed by atoms with E-state index < -0.39 is 5.91 Å². The van der Waals surface area contributed by atoms with Crippen molar-refractivity contribution in [2.75, 3.05) is 11.9 Å². The SMILES string of the molecule is C[C@@H]1C[C@H]1C(=O)OCC(=O)Nc1cc(Cl)ccc1Oc1ccccc1. The zero-order valence-electron chi connectivity index (χ0n) is 13.7. The highest BCUT2D eigenvalue weighted by molar-refractivity contribution is 6.31. The van der Waals surface area contributed by atoms with Gasteiger partial charge < -0.3 is 14.8 Å². The predicted octanol–water partition coefficient (Wildman–Crippen LogP) is 4.27. The number of amides is 1. The number of hydrogen-bond acceptors (Lipinski definition) is 4. The molecule has 0 bridgehead atoms. The minimum Gasteiger partial charge on any atom is -0.455 e. The van der Waals surface area contributed by atoms with Gasteiger partial charge in [-0.1, -0.05) is 36.7 Å². The first-order chi connectivity index (χ1) is 12.0. The van der Waals surface area contributed by atoms with Crippen molar-refractivity contribution in [3.05, 3.63) is 53.6 Å². The standard InChI is InChI=1S/C19H18ClNO4/c1-12-9-15(12)19(23)24-11-18(22)21-16-10-13(20)7-8-17(16)25-14-5-3-2-4-6-14/h2-8,10,12,15H,9,11H2,1H3,(H,21,22)/t12-,15-/m1/s1. The van der Waals surface area contributed by atoms with Gasteiger partial charge in [0.05, 0.1) is 11.6 Å². The number of carbonyl (C=O) groups excluding carboxylic acids is 2. The molecule has 1 N–H and O–H groups in total. The molecule has 0 spiro atoms. The average molecular weight is 360 g/mol. The van der Waals surface area contributed by atoms with Gasteiger partial charge in [0.15, 0.2) is 12.4 Å². The summed E-state index contributed by atoms with van der Waals surface area (Å²) in [4.78, 5) is 23.8. The van der Waals surface area contributed by atoms with Gasteiger partial charge in [-0.15, -0.1) is 0 Å². The summed E-state index contributed by atoms with van der Waals surface area (Å²) >= 11 is 6.00. The van der Waals surface area contributed by atoms with Crippen LogP contribution in [-0.2, 0) is 14.3 Å². The Morgan fingerprint density at radius 3 is 2.60 bits per heavy atom. The average Bonchev–Trinajstić information content (AvgIpc) is 3.33. The summed E-state index contributed by atoms with van der Waals surface area (Å²) in [6.45, 7) is 1.64. The number of rotatable bonds is 6. The number of halogens is 1. The second kappa shape index (κ2) is 7.57. The largest absolute Gasteiger partial charge is 0.455 e. The van der Waals surface area contributed by atoms with Crippen molar-refractivity contribution in [1.29, 1.82) is 0 Å². The number of anilines is 1. The predicted molar refractivity (Wildman–Crippen MR) is 94.8 cm³/mol. The second-order valence-corrected chi connectivity index (χ2v) is 6.47. The van der Waals surface area contributed by atoms with Crippen LogP contribution in [0.25, 0.3) is 0 Å². The van der Waals surface area contributed by atoms with E-state index in [4.69, 9.17) is 21.1 Å². The molecular formula is C19H18ClNO4. The molecular weight excluding hydrogens is 342 g/mol. The Morgan fingerprint density at radius 1 is 1.20 bits per heavy atom. The summed E-state index contributed by atoms with van der Waals surface area (Å²) in [6.07, 6.45) is 0.823. The molecule has 6 heteroatoms. The lowest BCUT2D eigenvalue weighted by atomic mass is 10.2. The molecule has 1 fully saturated rings. The van der Waals surface area contributed by atoms with Gasteiger partial charge in [0.25, 0.3) is 5.91 Å². The van der Waals surface area contributed by atoms with Gasteiger partial charge in [0, 0.05) is 5.02 Å². The molecule has 0 radical (unpaired) electrons. The van der Waals surface area contributed by atoms with Crippen LogP contribution < -0.4 is 10.1 Å². The van der Waals surface area contributed by atoms with Crippen molar-refractivity contribution in [3.8, 4) is 11.5 Å². The molecule has 0 saturated heterocycles. The second-order valence-electron chi connectivity index (χ2n) is 6.03. The highest BCUT2D eigenvalue weighted by Crippen LogP contribution is 2.38. The molecule has 130 valence electrons.